The molecule has 0 saturated carbocycles. The predicted molar refractivity (Wildman–Crippen MR) is 79.9 cm³/mol. The van der Waals surface area contributed by atoms with Crippen molar-refractivity contribution in [1.29, 1.82) is 0 Å². The summed E-state index contributed by atoms with van der Waals surface area (Å²) in [7, 11) is 0. The molecular weight excluding hydrogens is 260 g/mol. The first kappa shape index (κ1) is 14.3. The van der Waals surface area contributed by atoms with Gasteiger partial charge >= 0.3 is 0 Å². The van der Waals surface area contributed by atoms with Gasteiger partial charge in [-0.25, -0.2) is 0 Å². The van der Waals surface area contributed by atoms with Crippen LogP contribution in [0.3, 0.4) is 0 Å². The van der Waals surface area contributed by atoms with Crippen LogP contribution in [0.4, 0.5) is 5.82 Å². The first-order chi connectivity index (χ1) is 9.02. The van der Waals surface area contributed by atoms with E-state index in [0.717, 1.165) is 37.6 Å². The van der Waals surface area contributed by atoms with Gasteiger partial charge in [0, 0.05) is 13.1 Å². The maximum Gasteiger partial charge on any atom is 0.258 e. The molecule has 5 nitrogen and oxygen atoms in total. The van der Waals surface area contributed by atoms with Gasteiger partial charge in [0.2, 0.25) is 0 Å². The summed E-state index contributed by atoms with van der Waals surface area (Å²) in [6, 6.07) is 0. The second kappa shape index (κ2) is 5.88. The van der Waals surface area contributed by atoms with Crippen LogP contribution < -0.4 is 10.9 Å². The van der Waals surface area contributed by atoms with Crippen LogP contribution in [0, 0.1) is 10.7 Å². The van der Waals surface area contributed by atoms with Crippen molar-refractivity contribution in [1.82, 2.24) is 14.5 Å². The number of aromatic nitrogens is 2. The van der Waals surface area contributed by atoms with E-state index in [9.17, 15) is 4.79 Å². The lowest BCUT2D eigenvalue weighted by atomic mass is 10.2. The molecule has 0 unspecified atom stereocenters. The number of rotatable bonds is 4. The molecule has 106 valence electrons. The van der Waals surface area contributed by atoms with E-state index >= 15 is 0 Å². The zero-order chi connectivity index (χ0) is 14.0. The molecular formula is C13H22N4OS. The molecule has 0 saturated heterocycles. The molecule has 0 radical (unpaired) electrons. The summed E-state index contributed by atoms with van der Waals surface area (Å²) in [4.78, 5) is 17.1. The number of nitrogens with one attached hydrogen (secondary N) is 2. The fourth-order valence-corrected chi connectivity index (χ4v) is 2.70. The van der Waals surface area contributed by atoms with Crippen molar-refractivity contribution >= 4 is 18.0 Å². The molecule has 0 spiro atoms. The van der Waals surface area contributed by atoms with Gasteiger partial charge in [-0.1, -0.05) is 20.8 Å². The van der Waals surface area contributed by atoms with Crippen molar-refractivity contribution in [3.8, 4) is 0 Å². The average molecular weight is 282 g/mol. The van der Waals surface area contributed by atoms with Gasteiger partial charge in [0.1, 0.15) is 5.82 Å². The Morgan fingerprint density at radius 3 is 2.79 bits per heavy atom. The molecule has 2 heterocycles. The molecule has 0 aromatic carbocycles. The maximum atomic E-state index is 12.1. The fraction of sp³-hybridized carbons (Fsp3) is 0.692. The predicted octanol–water partition coefficient (Wildman–Crippen LogP) is 2.16. The van der Waals surface area contributed by atoms with Crippen LogP contribution in [-0.2, 0) is 13.1 Å². The van der Waals surface area contributed by atoms with E-state index in [1.807, 2.05) is 4.57 Å². The van der Waals surface area contributed by atoms with E-state index in [0.29, 0.717) is 17.2 Å². The highest BCUT2D eigenvalue weighted by atomic mass is 32.1. The van der Waals surface area contributed by atoms with Crippen molar-refractivity contribution in [2.45, 2.75) is 40.3 Å². The molecule has 0 amide bonds. The second-order valence-electron chi connectivity index (χ2n) is 5.48. The Bertz CT molecular complexity index is 561. The summed E-state index contributed by atoms with van der Waals surface area (Å²) in [6.07, 6.45) is 1.08. The summed E-state index contributed by atoms with van der Waals surface area (Å²) in [5.74, 6) is 1.38. The van der Waals surface area contributed by atoms with E-state index in [1.165, 1.54) is 0 Å². The van der Waals surface area contributed by atoms with Crippen LogP contribution in [0.15, 0.2) is 4.79 Å². The maximum absolute atomic E-state index is 12.1. The largest absolute Gasteiger partial charge is 0.358 e. The Hall–Kier alpha value is -1.14. The fourth-order valence-electron chi connectivity index (χ4n) is 2.44. The molecule has 2 N–H and O–H groups in total. The number of H-pyrrole nitrogens is 1. The van der Waals surface area contributed by atoms with Crippen LogP contribution in [0.1, 0.15) is 32.8 Å². The minimum atomic E-state index is -0.0618. The Morgan fingerprint density at radius 1 is 1.42 bits per heavy atom. The number of hydrogen-bond acceptors (Lipinski definition) is 4. The zero-order valence-corrected chi connectivity index (χ0v) is 12.6. The van der Waals surface area contributed by atoms with Gasteiger partial charge in [-0.15, -0.1) is 0 Å². The SMILES string of the molecule is CCCN1CNc2c(c(=O)[nH]c(=S)n2CC(C)C)C1. The van der Waals surface area contributed by atoms with Gasteiger partial charge in [-0.2, -0.15) is 0 Å². The molecule has 2 rings (SSSR count). The quantitative estimate of drug-likeness (QED) is 0.831. The van der Waals surface area contributed by atoms with Crippen molar-refractivity contribution in [3.63, 3.8) is 0 Å². The van der Waals surface area contributed by atoms with E-state index in [2.05, 4.69) is 36.0 Å². The van der Waals surface area contributed by atoms with Crippen LogP contribution in [0.5, 0.6) is 0 Å². The van der Waals surface area contributed by atoms with E-state index in [1.54, 1.807) is 0 Å². The lowest BCUT2D eigenvalue weighted by Gasteiger charge is -2.31. The van der Waals surface area contributed by atoms with Gasteiger partial charge < -0.3 is 9.88 Å². The molecule has 6 heteroatoms. The van der Waals surface area contributed by atoms with Gasteiger partial charge in [0.05, 0.1) is 12.2 Å². The van der Waals surface area contributed by atoms with Crippen LogP contribution in [0.25, 0.3) is 0 Å². The van der Waals surface area contributed by atoms with Gasteiger partial charge in [0.15, 0.2) is 4.77 Å². The first-order valence-electron chi connectivity index (χ1n) is 6.85. The molecule has 1 aliphatic rings. The Morgan fingerprint density at radius 2 is 2.16 bits per heavy atom. The minimum absolute atomic E-state index is 0.0618. The standard InChI is InChI=1S/C13H22N4OS/c1-4-5-16-7-10-11(14-8-16)17(6-9(2)3)13(19)15-12(10)18/h9,14H,4-8H2,1-3H3,(H,15,18,19). The number of hydrogen-bond donors (Lipinski definition) is 2. The number of aromatic amines is 1. The molecule has 1 aromatic heterocycles. The van der Waals surface area contributed by atoms with Gasteiger partial charge in [-0.3, -0.25) is 14.7 Å². The van der Waals surface area contributed by atoms with Crippen molar-refractivity contribution in [3.05, 3.63) is 20.7 Å². The first-order valence-corrected chi connectivity index (χ1v) is 7.26. The third-order valence-electron chi connectivity index (χ3n) is 3.23. The molecule has 0 atom stereocenters. The van der Waals surface area contributed by atoms with Crippen molar-refractivity contribution in [2.24, 2.45) is 5.92 Å². The van der Waals surface area contributed by atoms with Crippen LogP contribution in [-0.4, -0.2) is 27.7 Å². The molecule has 1 aliphatic heterocycles. The van der Waals surface area contributed by atoms with Crippen LogP contribution >= 0.6 is 12.2 Å². The van der Waals surface area contributed by atoms with Crippen molar-refractivity contribution < 1.29 is 0 Å². The normalized spacial score (nSPS) is 15.4. The summed E-state index contributed by atoms with van der Waals surface area (Å²) in [6.45, 7) is 9.71. The van der Waals surface area contributed by atoms with Gasteiger partial charge in [-0.05, 0) is 31.1 Å². The highest BCUT2D eigenvalue weighted by Crippen LogP contribution is 2.20. The Kier molecular flexibility index (Phi) is 4.42. The molecule has 1 aromatic rings. The lowest BCUT2D eigenvalue weighted by Crippen LogP contribution is -2.39. The third kappa shape index (κ3) is 3.06. The van der Waals surface area contributed by atoms with Gasteiger partial charge in [0.25, 0.3) is 5.56 Å². The summed E-state index contributed by atoms with van der Waals surface area (Å²) in [5, 5.41) is 3.36. The Labute approximate surface area is 118 Å². The highest BCUT2D eigenvalue weighted by Gasteiger charge is 2.21. The van der Waals surface area contributed by atoms with E-state index in [-0.39, 0.29) is 5.56 Å². The smallest absolute Gasteiger partial charge is 0.258 e. The topological polar surface area (TPSA) is 53.1 Å². The summed E-state index contributed by atoms with van der Waals surface area (Å²) < 4.78 is 2.52. The zero-order valence-electron chi connectivity index (χ0n) is 11.8. The lowest BCUT2D eigenvalue weighted by molar-refractivity contribution is 0.271. The van der Waals surface area contributed by atoms with E-state index < -0.39 is 0 Å². The van der Waals surface area contributed by atoms with Crippen molar-refractivity contribution in [2.75, 3.05) is 18.5 Å². The number of nitrogens with zero attached hydrogens (tertiary/aromatic N) is 2. The molecule has 0 bridgehead atoms. The molecule has 19 heavy (non-hydrogen) atoms. The Balaban J connectivity index is 2.42. The third-order valence-corrected chi connectivity index (χ3v) is 3.56. The second-order valence-corrected chi connectivity index (χ2v) is 5.87. The number of fused-ring (bicyclic) bond motifs is 1. The van der Waals surface area contributed by atoms with Crippen LogP contribution in [0.2, 0.25) is 0 Å². The number of anilines is 1. The monoisotopic (exact) mass is 282 g/mol. The summed E-state index contributed by atoms with van der Waals surface area (Å²) in [5.41, 5.74) is 0.738. The highest BCUT2D eigenvalue weighted by molar-refractivity contribution is 7.71. The molecule has 0 aliphatic carbocycles. The molecule has 0 fully saturated rings. The average Bonchev–Trinajstić information content (AvgIpc) is 2.35. The summed E-state index contributed by atoms with van der Waals surface area (Å²) >= 11 is 5.28. The van der Waals surface area contributed by atoms with E-state index in [4.69, 9.17) is 12.2 Å². The minimum Gasteiger partial charge on any atom is -0.358 e.